The van der Waals surface area contributed by atoms with E-state index in [2.05, 4.69) is 11.4 Å². The van der Waals surface area contributed by atoms with Crippen molar-refractivity contribution in [3.8, 4) is 5.75 Å². The number of aryl methyl sites for hydroxylation is 1. The summed E-state index contributed by atoms with van der Waals surface area (Å²) < 4.78 is 5.33. The van der Waals surface area contributed by atoms with Gasteiger partial charge in [-0.1, -0.05) is 17.7 Å². The number of nitrogens with one attached hydrogen (secondary N) is 1. The fraction of sp³-hybridized carbons (Fsp3) is 0.235. The van der Waals surface area contributed by atoms with Crippen LogP contribution in [-0.2, 0) is 11.2 Å². The van der Waals surface area contributed by atoms with Gasteiger partial charge in [-0.2, -0.15) is 11.3 Å². The highest BCUT2D eigenvalue weighted by atomic mass is 32.1. The fourth-order valence-electron chi connectivity index (χ4n) is 2.02. The van der Waals surface area contributed by atoms with Gasteiger partial charge >= 0.3 is 0 Å². The maximum Gasteiger partial charge on any atom is 0.244 e. The molecule has 0 aliphatic rings. The first-order valence-corrected chi connectivity index (χ1v) is 7.75. The highest BCUT2D eigenvalue weighted by Gasteiger charge is 2.03. The molecule has 0 spiro atoms. The SMILES string of the molecule is COc1ccc(C)cc1CCNC(=O)C=Cc1ccsc1. The molecule has 0 atom stereocenters. The fourth-order valence-corrected chi connectivity index (χ4v) is 2.65. The second kappa shape index (κ2) is 7.64. The molecule has 0 saturated carbocycles. The molecule has 0 bridgehead atoms. The molecule has 2 rings (SSSR count). The van der Waals surface area contributed by atoms with Gasteiger partial charge in [-0.15, -0.1) is 0 Å². The highest BCUT2D eigenvalue weighted by molar-refractivity contribution is 7.08. The monoisotopic (exact) mass is 301 g/mol. The minimum Gasteiger partial charge on any atom is -0.496 e. The van der Waals surface area contributed by atoms with Crippen LogP contribution >= 0.6 is 11.3 Å². The summed E-state index contributed by atoms with van der Waals surface area (Å²) in [6, 6.07) is 8.05. The Balaban J connectivity index is 1.84. The average Bonchev–Trinajstić information content (AvgIpc) is 2.99. The van der Waals surface area contributed by atoms with Crippen LogP contribution in [0.1, 0.15) is 16.7 Å². The van der Waals surface area contributed by atoms with E-state index in [1.165, 1.54) is 5.56 Å². The lowest BCUT2D eigenvalue weighted by Crippen LogP contribution is -2.23. The second-order valence-electron chi connectivity index (χ2n) is 4.75. The number of amides is 1. The molecule has 0 saturated heterocycles. The quantitative estimate of drug-likeness (QED) is 0.830. The van der Waals surface area contributed by atoms with Crippen molar-refractivity contribution < 1.29 is 9.53 Å². The van der Waals surface area contributed by atoms with Gasteiger partial charge in [0.15, 0.2) is 0 Å². The molecule has 0 fully saturated rings. The molecule has 1 aromatic heterocycles. The third-order valence-electron chi connectivity index (χ3n) is 3.10. The van der Waals surface area contributed by atoms with Gasteiger partial charge in [-0.05, 0) is 53.4 Å². The zero-order valence-corrected chi connectivity index (χ0v) is 13.1. The van der Waals surface area contributed by atoms with Gasteiger partial charge in [-0.25, -0.2) is 0 Å². The van der Waals surface area contributed by atoms with E-state index >= 15 is 0 Å². The Morgan fingerprint density at radius 2 is 2.24 bits per heavy atom. The summed E-state index contributed by atoms with van der Waals surface area (Å²) in [6.45, 7) is 2.64. The molecule has 1 heterocycles. The summed E-state index contributed by atoms with van der Waals surface area (Å²) in [7, 11) is 1.66. The molecule has 4 heteroatoms. The van der Waals surface area contributed by atoms with Gasteiger partial charge in [0.25, 0.3) is 0 Å². The molecule has 0 aliphatic carbocycles. The number of thiophene rings is 1. The summed E-state index contributed by atoms with van der Waals surface area (Å²) in [5.41, 5.74) is 3.35. The van der Waals surface area contributed by atoms with E-state index in [1.54, 1.807) is 24.5 Å². The topological polar surface area (TPSA) is 38.3 Å². The van der Waals surface area contributed by atoms with E-state index in [0.717, 1.165) is 23.3 Å². The van der Waals surface area contributed by atoms with Crippen molar-refractivity contribution in [3.05, 3.63) is 57.8 Å². The van der Waals surface area contributed by atoms with Crippen LogP contribution in [0.25, 0.3) is 6.08 Å². The molecule has 1 amide bonds. The number of ether oxygens (including phenoxy) is 1. The van der Waals surface area contributed by atoms with Gasteiger partial charge in [0, 0.05) is 12.6 Å². The van der Waals surface area contributed by atoms with Crippen molar-refractivity contribution in [2.75, 3.05) is 13.7 Å². The number of benzene rings is 1. The predicted molar refractivity (Wildman–Crippen MR) is 87.8 cm³/mol. The minimum atomic E-state index is -0.0761. The molecule has 110 valence electrons. The zero-order valence-electron chi connectivity index (χ0n) is 12.3. The maximum absolute atomic E-state index is 11.7. The lowest BCUT2D eigenvalue weighted by molar-refractivity contribution is -0.116. The molecular formula is C17H19NO2S. The number of carbonyl (C=O) groups is 1. The Kier molecular flexibility index (Phi) is 5.58. The predicted octanol–water partition coefficient (Wildman–Crippen LogP) is 3.44. The Bertz CT molecular complexity index is 618. The third-order valence-corrected chi connectivity index (χ3v) is 3.80. The lowest BCUT2D eigenvalue weighted by atomic mass is 10.1. The minimum absolute atomic E-state index is 0.0761. The van der Waals surface area contributed by atoms with Crippen molar-refractivity contribution in [2.24, 2.45) is 0 Å². The van der Waals surface area contributed by atoms with E-state index in [-0.39, 0.29) is 5.91 Å². The summed E-state index contributed by atoms with van der Waals surface area (Å²) in [5, 5.41) is 6.88. The summed E-state index contributed by atoms with van der Waals surface area (Å²) in [5.74, 6) is 0.788. The van der Waals surface area contributed by atoms with Crippen LogP contribution in [-0.4, -0.2) is 19.6 Å². The first kappa shape index (κ1) is 15.3. The van der Waals surface area contributed by atoms with Crippen LogP contribution in [0.5, 0.6) is 5.75 Å². The molecular weight excluding hydrogens is 282 g/mol. The van der Waals surface area contributed by atoms with Crippen molar-refractivity contribution in [1.29, 1.82) is 0 Å². The van der Waals surface area contributed by atoms with Crippen molar-refractivity contribution in [1.82, 2.24) is 5.32 Å². The maximum atomic E-state index is 11.7. The molecule has 0 unspecified atom stereocenters. The Morgan fingerprint density at radius 1 is 1.38 bits per heavy atom. The van der Waals surface area contributed by atoms with Crippen LogP contribution in [0.2, 0.25) is 0 Å². The first-order chi connectivity index (χ1) is 10.2. The van der Waals surface area contributed by atoms with Crippen LogP contribution in [0.3, 0.4) is 0 Å². The lowest BCUT2D eigenvalue weighted by Gasteiger charge is -2.09. The van der Waals surface area contributed by atoms with Crippen LogP contribution in [0.4, 0.5) is 0 Å². The Labute approximate surface area is 129 Å². The van der Waals surface area contributed by atoms with Gasteiger partial charge < -0.3 is 10.1 Å². The summed E-state index contributed by atoms with van der Waals surface area (Å²) in [6.07, 6.45) is 4.14. The summed E-state index contributed by atoms with van der Waals surface area (Å²) in [4.78, 5) is 11.7. The zero-order chi connectivity index (χ0) is 15.1. The number of hydrogen-bond acceptors (Lipinski definition) is 3. The number of rotatable bonds is 6. The number of hydrogen-bond donors (Lipinski definition) is 1. The van der Waals surface area contributed by atoms with Crippen LogP contribution < -0.4 is 10.1 Å². The molecule has 21 heavy (non-hydrogen) atoms. The normalized spacial score (nSPS) is 10.8. The van der Waals surface area contributed by atoms with Crippen molar-refractivity contribution in [3.63, 3.8) is 0 Å². The largest absolute Gasteiger partial charge is 0.496 e. The number of methoxy groups -OCH3 is 1. The second-order valence-corrected chi connectivity index (χ2v) is 5.53. The van der Waals surface area contributed by atoms with E-state index in [1.807, 2.05) is 42.0 Å². The molecule has 3 nitrogen and oxygen atoms in total. The van der Waals surface area contributed by atoms with E-state index in [4.69, 9.17) is 4.74 Å². The molecule has 2 aromatic rings. The smallest absolute Gasteiger partial charge is 0.244 e. The van der Waals surface area contributed by atoms with E-state index in [0.29, 0.717) is 6.54 Å². The van der Waals surface area contributed by atoms with E-state index < -0.39 is 0 Å². The molecule has 0 radical (unpaired) electrons. The van der Waals surface area contributed by atoms with Gasteiger partial charge in [0.2, 0.25) is 5.91 Å². The Morgan fingerprint density at radius 3 is 2.95 bits per heavy atom. The third kappa shape index (κ3) is 4.76. The Hall–Kier alpha value is -2.07. The number of carbonyl (C=O) groups excluding carboxylic acids is 1. The van der Waals surface area contributed by atoms with Crippen molar-refractivity contribution >= 4 is 23.3 Å². The van der Waals surface area contributed by atoms with Crippen LogP contribution in [0, 0.1) is 6.92 Å². The summed E-state index contributed by atoms with van der Waals surface area (Å²) >= 11 is 1.61. The van der Waals surface area contributed by atoms with Gasteiger partial charge in [0.1, 0.15) is 5.75 Å². The average molecular weight is 301 g/mol. The van der Waals surface area contributed by atoms with E-state index in [9.17, 15) is 4.79 Å². The van der Waals surface area contributed by atoms with Gasteiger partial charge in [0.05, 0.1) is 7.11 Å². The standard InChI is InChI=1S/C17H19NO2S/c1-13-3-5-16(20-2)15(11-13)7-9-18-17(19)6-4-14-8-10-21-12-14/h3-6,8,10-12H,7,9H2,1-2H3,(H,18,19). The van der Waals surface area contributed by atoms with Gasteiger partial charge in [-0.3, -0.25) is 4.79 Å². The first-order valence-electron chi connectivity index (χ1n) is 6.80. The highest BCUT2D eigenvalue weighted by Crippen LogP contribution is 2.19. The van der Waals surface area contributed by atoms with Crippen LogP contribution in [0.15, 0.2) is 41.1 Å². The molecule has 1 N–H and O–H groups in total. The van der Waals surface area contributed by atoms with Crippen molar-refractivity contribution in [2.45, 2.75) is 13.3 Å². The molecule has 1 aromatic carbocycles. The molecule has 0 aliphatic heterocycles.